The maximum Gasteiger partial charge on any atom is 0.472 e. The van der Waals surface area contributed by atoms with Gasteiger partial charge in [0.1, 0.15) is 25.4 Å². The molecule has 0 heterocycles. The lowest BCUT2D eigenvalue weighted by Gasteiger charge is -2.21. The minimum Gasteiger partial charge on any atom is -0.463 e. The zero-order valence-corrected chi connectivity index (χ0v) is 66.2. The van der Waals surface area contributed by atoms with Gasteiger partial charge in [0.2, 0.25) is 0 Å². The van der Waals surface area contributed by atoms with Crippen LogP contribution in [0, 0.1) is 0 Å². The van der Waals surface area contributed by atoms with Crippen molar-refractivity contribution >= 4 is 33.6 Å². The molecule has 0 radical (unpaired) electrons. The first-order valence-electron chi connectivity index (χ1n) is 40.1. The molecule has 0 rings (SSSR count). The second-order valence-electron chi connectivity index (χ2n) is 26.5. The lowest BCUT2D eigenvalue weighted by molar-refractivity contribution is -0.161. The summed E-state index contributed by atoms with van der Waals surface area (Å²) >= 11 is 0. The number of hydrogen-bond acceptors (Lipinski definition) is 14. The molecule has 16 nitrogen and oxygen atoms in total. The van der Waals surface area contributed by atoms with Gasteiger partial charge in [-0.25, -0.2) is 9.13 Å². The Balaban J connectivity index is 4.50. The monoisotopic (exact) mass is 1480 g/mol. The maximum atomic E-state index is 13.0. The molecule has 0 aromatic heterocycles. The van der Waals surface area contributed by atoms with E-state index in [2.05, 4.69) is 167 Å². The largest absolute Gasteiger partial charge is 0.472 e. The van der Waals surface area contributed by atoms with Crippen LogP contribution in [0.4, 0.5) is 0 Å². The van der Waals surface area contributed by atoms with Crippen LogP contribution in [0.15, 0.2) is 146 Å². The van der Waals surface area contributed by atoms with E-state index in [0.29, 0.717) is 19.3 Å². The Morgan fingerprint density at radius 1 is 0.282 bits per heavy atom. The number of rotatable bonds is 75. The Labute approximate surface area is 626 Å². The normalized spacial score (nSPS) is 14.7. The van der Waals surface area contributed by atoms with E-state index in [9.17, 15) is 43.5 Å². The van der Waals surface area contributed by atoms with E-state index in [1.807, 2.05) is 0 Å². The summed E-state index contributed by atoms with van der Waals surface area (Å²) in [5, 5.41) is 20.6. The van der Waals surface area contributed by atoms with Crippen LogP contribution in [0.25, 0.3) is 0 Å². The van der Waals surface area contributed by atoms with E-state index in [1.165, 1.54) is 103 Å². The van der Waals surface area contributed by atoms with Crippen LogP contribution in [-0.4, -0.2) is 95.9 Å². The molecule has 0 aromatic carbocycles. The summed E-state index contributed by atoms with van der Waals surface area (Å²) in [4.78, 5) is 58.6. The molecular weight excluding hydrogens is 1340 g/mol. The molecule has 0 saturated carbocycles. The number of carbonyl (C=O) groups excluding carboxylic acids is 3. The highest BCUT2D eigenvalue weighted by atomic mass is 31.2. The number of phosphoric ester groups is 2. The molecule has 5 atom stereocenters. The van der Waals surface area contributed by atoms with Gasteiger partial charge in [-0.1, -0.05) is 321 Å². The van der Waals surface area contributed by atoms with Gasteiger partial charge in [0.15, 0.2) is 6.10 Å². The average molecular weight is 1480 g/mol. The van der Waals surface area contributed by atoms with E-state index >= 15 is 0 Å². The maximum absolute atomic E-state index is 13.0. The highest BCUT2D eigenvalue weighted by molar-refractivity contribution is 7.47. The van der Waals surface area contributed by atoms with E-state index in [1.54, 1.807) is 0 Å². The molecule has 590 valence electrons. The topological polar surface area (TPSA) is 231 Å². The number of aliphatic hydroxyl groups excluding tert-OH is 2. The van der Waals surface area contributed by atoms with Crippen molar-refractivity contribution in [3.63, 3.8) is 0 Å². The molecule has 18 heteroatoms. The third-order valence-electron chi connectivity index (χ3n) is 16.6. The van der Waals surface area contributed by atoms with Gasteiger partial charge in [-0.2, -0.15) is 0 Å². The van der Waals surface area contributed by atoms with Crippen molar-refractivity contribution in [2.45, 2.75) is 334 Å². The summed E-state index contributed by atoms with van der Waals surface area (Å²) in [6.07, 6.45) is 94.7. The van der Waals surface area contributed by atoms with Gasteiger partial charge in [-0.15, -0.1) is 0 Å². The van der Waals surface area contributed by atoms with Gasteiger partial charge in [-0.3, -0.25) is 32.5 Å². The number of ether oxygens (including phenoxy) is 3. The molecule has 0 saturated heterocycles. The first-order valence-corrected chi connectivity index (χ1v) is 43.1. The smallest absolute Gasteiger partial charge is 0.463 e. The fraction of sp³-hybridized carbons (Fsp3) is 0.682. The predicted octanol–water partition coefficient (Wildman–Crippen LogP) is 23.7. The number of hydrogen-bond donors (Lipinski definition) is 4. The summed E-state index contributed by atoms with van der Waals surface area (Å²) in [7, 11) is -9.80. The molecular formula is C85H144O16P2. The first-order chi connectivity index (χ1) is 50.2. The lowest BCUT2D eigenvalue weighted by Crippen LogP contribution is -2.30. The summed E-state index contributed by atoms with van der Waals surface area (Å²) in [5.41, 5.74) is 0. The standard InChI is InChI=1S/C85H144O16P2/c1-4-7-10-13-16-19-22-25-27-29-31-33-35-36-37-38-39-40-41-42-44-46-47-49-51-54-56-59-62-65-68-71-83(88)95-74-80(86)75-97-102(91,92)98-76-81(87)77-99-103(93,94)100-79-82(101-85(90)73-70-67-64-61-58-53-24-21-18-15-12-9-6-3)78-96-84(89)72-69-66-63-60-57-55-52-50-48-45-43-34-32-30-28-26-23-20-17-14-11-8-5-2/h7-8,10-11,16-17,19-20,25-28,31-34,36-37,39-40,45,48,52,55,80-82,86-87H,4-6,9,12-15,18,21-24,29-30,35,38,41-44,46-47,49-51,53-54,56-79H2,1-3H3,(H,91,92)(H,93,94)/b10-7-,11-8-,19-16-,20-17-,27-25-,28-26-,33-31-,34-32-,37-36-,40-39-,48-45-,55-52-. The Kier molecular flexibility index (Phi) is 73.6. The number of carbonyl (C=O) groups is 3. The molecule has 5 unspecified atom stereocenters. The molecule has 0 amide bonds. The number of phosphoric acid groups is 2. The fourth-order valence-electron chi connectivity index (χ4n) is 10.5. The van der Waals surface area contributed by atoms with Gasteiger partial charge < -0.3 is 34.2 Å². The third-order valence-corrected chi connectivity index (χ3v) is 18.5. The average Bonchev–Trinajstić information content (AvgIpc) is 0.914. The first kappa shape index (κ1) is 98.4. The van der Waals surface area contributed by atoms with Crippen LogP contribution in [0.5, 0.6) is 0 Å². The van der Waals surface area contributed by atoms with E-state index in [4.69, 9.17) is 32.3 Å². The SMILES string of the molecule is CC/C=C\C/C=C\C/C=C\C/C=C\C/C=C\C/C=C\CCCCCCCCCCCCCCC(=O)OCC(O)COP(=O)(O)OCC(O)COP(=O)(O)OCC(COC(=O)CCCCCC/C=C\C/C=C\C/C=C\C/C=C\C/C=C\C/C=C\CC)OC(=O)CCCCCCCCCCCCCCC. The van der Waals surface area contributed by atoms with Crippen LogP contribution in [0.1, 0.15) is 316 Å². The molecule has 0 aromatic rings. The number of aliphatic hydroxyl groups is 2. The quantitative estimate of drug-likeness (QED) is 0.0146. The van der Waals surface area contributed by atoms with E-state index in [0.717, 1.165) is 154 Å². The Hall–Kier alpha value is -4.57. The molecule has 0 aliphatic heterocycles. The van der Waals surface area contributed by atoms with Crippen molar-refractivity contribution in [2.24, 2.45) is 0 Å². The van der Waals surface area contributed by atoms with Crippen molar-refractivity contribution in [2.75, 3.05) is 39.6 Å². The minimum absolute atomic E-state index is 0.0985. The Morgan fingerprint density at radius 2 is 0.515 bits per heavy atom. The van der Waals surface area contributed by atoms with E-state index in [-0.39, 0.29) is 19.3 Å². The summed E-state index contributed by atoms with van der Waals surface area (Å²) in [6, 6.07) is 0. The molecule has 4 N–H and O–H groups in total. The third kappa shape index (κ3) is 78.3. The summed E-state index contributed by atoms with van der Waals surface area (Å²) < 4.78 is 61.1. The van der Waals surface area contributed by atoms with Gasteiger partial charge in [0.25, 0.3) is 0 Å². The summed E-state index contributed by atoms with van der Waals surface area (Å²) in [6.45, 7) is 2.43. The van der Waals surface area contributed by atoms with Crippen molar-refractivity contribution in [3.8, 4) is 0 Å². The number of allylic oxidation sites excluding steroid dienone is 24. The highest BCUT2D eigenvalue weighted by Crippen LogP contribution is 2.45. The van der Waals surface area contributed by atoms with Crippen LogP contribution in [0.2, 0.25) is 0 Å². The van der Waals surface area contributed by atoms with Crippen LogP contribution in [0.3, 0.4) is 0 Å². The molecule has 103 heavy (non-hydrogen) atoms. The van der Waals surface area contributed by atoms with Gasteiger partial charge in [0, 0.05) is 19.3 Å². The molecule has 0 aliphatic carbocycles. The van der Waals surface area contributed by atoms with Gasteiger partial charge in [0.05, 0.1) is 26.4 Å². The molecule has 0 spiro atoms. The zero-order chi connectivity index (χ0) is 75.2. The zero-order valence-electron chi connectivity index (χ0n) is 64.4. The summed E-state index contributed by atoms with van der Waals surface area (Å²) in [5.74, 6) is -1.60. The Morgan fingerprint density at radius 3 is 0.816 bits per heavy atom. The minimum atomic E-state index is -4.94. The molecule has 0 bridgehead atoms. The van der Waals surface area contributed by atoms with Crippen LogP contribution < -0.4 is 0 Å². The lowest BCUT2D eigenvalue weighted by atomic mass is 10.0. The van der Waals surface area contributed by atoms with Crippen molar-refractivity contribution in [1.29, 1.82) is 0 Å². The number of unbranched alkanes of at least 4 members (excludes halogenated alkanes) is 28. The Bertz CT molecular complexity index is 2450. The number of esters is 3. The van der Waals surface area contributed by atoms with Crippen molar-refractivity contribution in [1.82, 2.24) is 0 Å². The highest BCUT2D eigenvalue weighted by Gasteiger charge is 2.29. The van der Waals surface area contributed by atoms with Crippen molar-refractivity contribution in [3.05, 3.63) is 146 Å². The van der Waals surface area contributed by atoms with Crippen LogP contribution in [-0.2, 0) is 55.8 Å². The fourth-order valence-corrected chi connectivity index (χ4v) is 12.1. The van der Waals surface area contributed by atoms with Crippen molar-refractivity contribution < 1.29 is 75.8 Å². The van der Waals surface area contributed by atoms with Gasteiger partial charge >= 0.3 is 33.6 Å². The second-order valence-corrected chi connectivity index (χ2v) is 29.4. The molecule has 0 aliphatic rings. The van der Waals surface area contributed by atoms with Crippen LogP contribution >= 0.6 is 15.6 Å². The predicted molar refractivity (Wildman–Crippen MR) is 426 cm³/mol. The molecule has 0 fully saturated rings. The second kappa shape index (κ2) is 77.1. The van der Waals surface area contributed by atoms with Gasteiger partial charge in [-0.05, 0) is 122 Å². The van der Waals surface area contributed by atoms with E-state index < -0.39 is 91.5 Å².